The lowest BCUT2D eigenvalue weighted by Gasteiger charge is -2.27. The molecule has 2 N–H and O–H groups in total. The van der Waals surface area contributed by atoms with E-state index in [4.69, 9.17) is 39.5 Å². The minimum Gasteiger partial charge on any atom is -0.438 e. The number of aliphatic imine (C=N–C) groups is 1. The lowest BCUT2D eigenvalue weighted by atomic mass is 10.2. The van der Waals surface area contributed by atoms with Crippen LogP contribution in [0.2, 0.25) is 0 Å². The van der Waals surface area contributed by atoms with Crippen molar-refractivity contribution < 1.29 is 19.1 Å². The number of nitrogens with zero attached hydrogens (tertiary/aromatic N) is 2. The van der Waals surface area contributed by atoms with Crippen LogP contribution in [0, 0.1) is 0 Å². The molecular weight excluding hydrogens is 547 g/mol. The van der Waals surface area contributed by atoms with Crippen molar-refractivity contribution in [2.24, 2.45) is 4.99 Å². The zero-order valence-electron chi connectivity index (χ0n) is 18.9. The van der Waals surface area contributed by atoms with E-state index in [1.807, 2.05) is 54.6 Å². The fourth-order valence-corrected chi connectivity index (χ4v) is 3.79. The van der Waals surface area contributed by atoms with Gasteiger partial charge in [0.15, 0.2) is 5.17 Å². The topological polar surface area (TPSA) is 102 Å². The summed E-state index contributed by atoms with van der Waals surface area (Å²) in [5, 5.41) is 6.60. The number of carbonyl (C=O) groups is 2. The van der Waals surface area contributed by atoms with Crippen LogP contribution in [-0.2, 0) is 14.3 Å². The van der Waals surface area contributed by atoms with Crippen molar-refractivity contribution >= 4 is 86.5 Å². The molecule has 188 valence electrons. The Hall–Kier alpha value is -2.98. The number of amides is 1. The van der Waals surface area contributed by atoms with Gasteiger partial charge in [0, 0.05) is 17.7 Å². The number of carbonyl (C=O) groups excluding carboxylic acids is 2. The van der Waals surface area contributed by atoms with E-state index in [2.05, 4.69) is 25.3 Å². The number of ether oxygens (including phenoxy) is 2. The number of nitrogens with one attached hydrogen (secondary N) is 2. The van der Waals surface area contributed by atoms with Crippen LogP contribution in [0.1, 0.15) is 5.56 Å². The van der Waals surface area contributed by atoms with E-state index >= 15 is 0 Å². The maximum atomic E-state index is 12.6. The van der Waals surface area contributed by atoms with Crippen LogP contribution in [0.5, 0.6) is 0 Å². The number of rotatable bonds is 7. The smallest absolute Gasteiger partial charge is 0.438 e. The molecule has 3 aromatic rings. The van der Waals surface area contributed by atoms with Crippen molar-refractivity contribution in [1.29, 1.82) is 0 Å². The number of hydrogen-bond acceptors (Lipinski definition) is 7. The maximum Gasteiger partial charge on any atom is 0.508 e. The van der Waals surface area contributed by atoms with E-state index in [0.29, 0.717) is 11.2 Å². The van der Waals surface area contributed by atoms with Gasteiger partial charge in [-0.2, -0.15) is 0 Å². The van der Waals surface area contributed by atoms with Crippen molar-refractivity contribution in [1.82, 2.24) is 15.6 Å². The van der Waals surface area contributed by atoms with Gasteiger partial charge in [-0.25, -0.2) is 9.79 Å². The molecule has 8 nitrogen and oxygen atoms in total. The first-order chi connectivity index (χ1) is 17.3. The minimum atomic E-state index is -1.96. The van der Waals surface area contributed by atoms with Crippen LogP contribution < -0.4 is 10.6 Å². The molecule has 0 bridgehead atoms. The number of pyridine rings is 1. The second-order valence-electron chi connectivity index (χ2n) is 7.00. The van der Waals surface area contributed by atoms with E-state index in [9.17, 15) is 9.59 Å². The predicted molar refractivity (Wildman–Crippen MR) is 146 cm³/mol. The molecule has 36 heavy (non-hydrogen) atoms. The molecular formula is C24H21Cl3N4O4S. The summed E-state index contributed by atoms with van der Waals surface area (Å²) in [4.78, 5) is 32.9. The number of methoxy groups -OCH3 is 1. The summed E-state index contributed by atoms with van der Waals surface area (Å²) in [6, 6.07) is 18.4. The first-order valence-electron chi connectivity index (χ1n) is 10.4. The zero-order valence-corrected chi connectivity index (χ0v) is 21.9. The van der Waals surface area contributed by atoms with Gasteiger partial charge in [0.2, 0.25) is 9.70 Å². The van der Waals surface area contributed by atoms with Gasteiger partial charge in [0.05, 0.1) is 18.3 Å². The normalized spacial score (nSPS) is 12.8. The molecule has 0 fully saturated rings. The summed E-state index contributed by atoms with van der Waals surface area (Å²) >= 11 is 19.5. The highest BCUT2D eigenvalue weighted by Gasteiger charge is 2.34. The van der Waals surface area contributed by atoms with Crippen molar-refractivity contribution in [2.75, 3.05) is 13.0 Å². The summed E-state index contributed by atoms with van der Waals surface area (Å²) in [7, 11) is 1.19. The van der Waals surface area contributed by atoms with E-state index in [-0.39, 0.29) is 11.1 Å². The molecule has 0 saturated heterocycles. The standard InChI is InChI=1S/C24H21Cl3N4O4S/c1-34-23(33)35-15-36-22(29-18-11-5-9-17-10-6-14-28-20(17)18)31-21(24(25,26)27)30-19(32)13-12-16-7-3-2-4-8-16/h2-14,21H,15H2,1H3,(H,29,31)(H,30,32)/b13-12+. The number of hydrogen-bond donors (Lipinski definition) is 2. The summed E-state index contributed by atoms with van der Waals surface area (Å²) in [6.45, 7) is 0. The highest BCUT2D eigenvalue weighted by Crippen LogP contribution is 2.30. The highest BCUT2D eigenvalue weighted by atomic mass is 35.6. The Labute approximate surface area is 227 Å². The van der Waals surface area contributed by atoms with Crippen LogP contribution in [0.3, 0.4) is 0 Å². The average Bonchev–Trinajstić information content (AvgIpc) is 2.87. The number of halogens is 3. The van der Waals surface area contributed by atoms with E-state index in [1.54, 1.807) is 18.3 Å². The molecule has 1 unspecified atom stereocenters. The Balaban J connectivity index is 1.85. The SMILES string of the molecule is COC(=O)OCS/C(=N/c1cccc2cccnc12)NC(NC(=O)/C=C/c1ccccc1)C(Cl)(Cl)Cl. The predicted octanol–water partition coefficient (Wildman–Crippen LogP) is 5.81. The molecule has 12 heteroatoms. The Morgan fingerprint density at radius 3 is 2.56 bits per heavy atom. The van der Waals surface area contributed by atoms with Crippen molar-refractivity contribution in [3.05, 3.63) is 78.5 Å². The Kier molecular flexibility index (Phi) is 10.2. The van der Waals surface area contributed by atoms with Gasteiger partial charge in [-0.1, -0.05) is 83.3 Å². The van der Waals surface area contributed by atoms with Crippen LogP contribution >= 0.6 is 46.6 Å². The van der Waals surface area contributed by atoms with Crippen LogP contribution in [0.4, 0.5) is 10.5 Å². The number of amidine groups is 1. The van der Waals surface area contributed by atoms with E-state index in [0.717, 1.165) is 22.7 Å². The van der Waals surface area contributed by atoms with Crippen LogP contribution in [0.25, 0.3) is 17.0 Å². The molecule has 1 heterocycles. The summed E-state index contributed by atoms with van der Waals surface area (Å²) in [6.07, 6.45) is 2.53. The molecule has 0 aliphatic heterocycles. The van der Waals surface area contributed by atoms with Crippen molar-refractivity contribution in [3.8, 4) is 0 Å². The molecule has 3 rings (SSSR count). The number of thioether (sulfide) groups is 1. The number of para-hydroxylation sites is 1. The van der Waals surface area contributed by atoms with Crippen molar-refractivity contribution in [2.45, 2.75) is 9.96 Å². The largest absolute Gasteiger partial charge is 0.508 e. The molecule has 1 aromatic heterocycles. The monoisotopic (exact) mass is 566 g/mol. The van der Waals surface area contributed by atoms with Crippen LogP contribution in [-0.4, -0.2) is 45.2 Å². The number of aromatic nitrogens is 1. The second-order valence-corrected chi connectivity index (χ2v) is 10.3. The van der Waals surface area contributed by atoms with Crippen LogP contribution in [0.15, 0.2) is 77.9 Å². The first-order valence-corrected chi connectivity index (χ1v) is 12.5. The zero-order chi connectivity index (χ0) is 26.0. The number of fused-ring (bicyclic) bond motifs is 1. The third-order valence-corrected chi connectivity index (χ3v) is 5.85. The molecule has 1 atom stereocenters. The van der Waals surface area contributed by atoms with E-state index in [1.165, 1.54) is 13.2 Å². The lowest BCUT2D eigenvalue weighted by Crippen LogP contribution is -2.54. The van der Waals surface area contributed by atoms with Crippen molar-refractivity contribution in [3.63, 3.8) is 0 Å². The maximum absolute atomic E-state index is 12.6. The van der Waals surface area contributed by atoms with Gasteiger partial charge < -0.3 is 20.1 Å². The second kappa shape index (κ2) is 13.4. The number of alkyl halides is 3. The lowest BCUT2D eigenvalue weighted by molar-refractivity contribution is -0.117. The Bertz CT molecular complexity index is 1250. The third-order valence-electron chi connectivity index (χ3n) is 4.48. The molecule has 0 spiro atoms. The van der Waals surface area contributed by atoms with Gasteiger partial charge >= 0.3 is 6.16 Å². The van der Waals surface area contributed by atoms with Gasteiger partial charge in [-0.15, -0.1) is 0 Å². The summed E-state index contributed by atoms with van der Waals surface area (Å²) in [5.41, 5.74) is 1.97. The summed E-state index contributed by atoms with van der Waals surface area (Å²) in [5.74, 6) is -0.671. The van der Waals surface area contributed by atoms with E-state index < -0.39 is 22.0 Å². The van der Waals surface area contributed by atoms with Gasteiger partial charge in [-0.05, 0) is 35.5 Å². The molecule has 2 aromatic carbocycles. The molecule has 0 saturated carbocycles. The van der Waals surface area contributed by atoms with Gasteiger partial charge in [-0.3, -0.25) is 9.78 Å². The molecule has 1 amide bonds. The third kappa shape index (κ3) is 8.60. The fraction of sp³-hybridized carbons (Fsp3) is 0.167. The summed E-state index contributed by atoms with van der Waals surface area (Å²) < 4.78 is 7.48. The highest BCUT2D eigenvalue weighted by molar-refractivity contribution is 8.13. The number of benzene rings is 2. The van der Waals surface area contributed by atoms with Gasteiger partial charge in [0.25, 0.3) is 0 Å². The average molecular weight is 568 g/mol. The molecule has 0 aliphatic rings. The Morgan fingerprint density at radius 2 is 1.83 bits per heavy atom. The molecule has 0 radical (unpaired) electrons. The Morgan fingerprint density at radius 1 is 1.08 bits per heavy atom. The molecule has 0 aliphatic carbocycles. The minimum absolute atomic E-state index is 0.162. The first kappa shape index (κ1) is 27.6. The quantitative estimate of drug-likeness (QED) is 0.0927. The van der Waals surface area contributed by atoms with Gasteiger partial charge in [0.1, 0.15) is 12.1 Å². The fourth-order valence-electron chi connectivity index (χ4n) is 2.84.